The minimum atomic E-state index is -1.52. The Kier molecular flexibility index (Phi) is 5.17. The van der Waals surface area contributed by atoms with Crippen molar-refractivity contribution in [1.82, 2.24) is 4.57 Å². The molecule has 0 spiro atoms. The van der Waals surface area contributed by atoms with E-state index in [0.717, 1.165) is 10.6 Å². The normalized spacial score (nSPS) is 12.5. The standard InChI is InChI=1S/C10H19NO2SSi/c1-8(14)6-9(7-10(12)13)11(2)15(3,4)5/h7H,6H2,1-5H3,(H,12,13). The first-order valence-corrected chi connectivity index (χ1v) is 8.67. The highest BCUT2D eigenvalue weighted by molar-refractivity contribution is 7.80. The molecule has 0 radical (unpaired) electrons. The summed E-state index contributed by atoms with van der Waals surface area (Å²) in [6.07, 6.45) is 1.82. The summed E-state index contributed by atoms with van der Waals surface area (Å²) in [7, 11) is 0.428. The minimum absolute atomic E-state index is 0.558. The second-order valence-corrected chi connectivity index (χ2v) is 10.3. The molecule has 0 aliphatic heterocycles. The molecule has 3 nitrogen and oxygen atoms in total. The molecule has 0 aromatic rings. The molecule has 0 aromatic heterocycles. The Labute approximate surface area is 97.9 Å². The molecule has 0 rings (SSSR count). The summed E-state index contributed by atoms with van der Waals surface area (Å²) in [6.45, 7) is 8.34. The number of carboxylic acid groups (broad SMARTS) is 1. The number of hydrogen-bond acceptors (Lipinski definition) is 3. The van der Waals surface area contributed by atoms with E-state index in [1.807, 2.05) is 14.0 Å². The summed E-state index contributed by atoms with van der Waals surface area (Å²) >= 11 is 5.02. The monoisotopic (exact) mass is 245 g/mol. The van der Waals surface area contributed by atoms with E-state index >= 15 is 0 Å². The predicted octanol–water partition coefficient (Wildman–Crippen LogP) is 2.50. The van der Waals surface area contributed by atoms with Gasteiger partial charge in [0.15, 0.2) is 0 Å². The van der Waals surface area contributed by atoms with Gasteiger partial charge in [-0.2, -0.15) is 0 Å². The van der Waals surface area contributed by atoms with E-state index in [-0.39, 0.29) is 0 Å². The van der Waals surface area contributed by atoms with Crippen LogP contribution in [-0.2, 0) is 4.79 Å². The number of carboxylic acids is 1. The van der Waals surface area contributed by atoms with Crippen LogP contribution in [0.15, 0.2) is 11.8 Å². The lowest BCUT2D eigenvalue weighted by Gasteiger charge is -2.34. The molecule has 0 heterocycles. The van der Waals surface area contributed by atoms with Crippen LogP contribution in [0.3, 0.4) is 0 Å². The number of aliphatic carboxylic acids is 1. The smallest absolute Gasteiger partial charge is 0.330 e. The first kappa shape index (κ1) is 14.3. The molecular formula is C10H19NO2SSi. The van der Waals surface area contributed by atoms with Crippen LogP contribution in [-0.4, -0.2) is 35.8 Å². The number of hydrogen-bond donors (Lipinski definition) is 1. The molecule has 86 valence electrons. The molecule has 0 saturated carbocycles. The van der Waals surface area contributed by atoms with Gasteiger partial charge in [0, 0.05) is 18.2 Å². The van der Waals surface area contributed by atoms with Crippen LogP contribution in [0.5, 0.6) is 0 Å². The Morgan fingerprint density at radius 1 is 1.47 bits per heavy atom. The Hall–Kier alpha value is -0.683. The number of allylic oxidation sites excluding steroid dienone is 1. The summed E-state index contributed by atoms with van der Waals surface area (Å²) in [5, 5.41) is 8.78. The number of rotatable bonds is 5. The van der Waals surface area contributed by atoms with Gasteiger partial charge in [-0.05, 0) is 18.8 Å². The lowest BCUT2D eigenvalue weighted by atomic mass is 10.2. The van der Waals surface area contributed by atoms with E-state index in [1.54, 1.807) is 0 Å². The Morgan fingerprint density at radius 2 is 1.93 bits per heavy atom. The van der Waals surface area contributed by atoms with Gasteiger partial charge in [0.25, 0.3) is 0 Å². The second kappa shape index (κ2) is 5.41. The first-order chi connectivity index (χ1) is 6.64. The van der Waals surface area contributed by atoms with E-state index in [4.69, 9.17) is 17.3 Å². The van der Waals surface area contributed by atoms with Gasteiger partial charge in [-0.3, -0.25) is 0 Å². The summed E-state index contributed by atoms with van der Waals surface area (Å²) in [6, 6.07) is 0. The van der Waals surface area contributed by atoms with Gasteiger partial charge in [0.2, 0.25) is 0 Å². The zero-order valence-corrected chi connectivity index (χ0v) is 11.8. The maximum atomic E-state index is 10.7. The summed E-state index contributed by atoms with van der Waals surface area (Å²) < 4.78 is 2.08. The maximum absolute atomic E-state index is 10.7. The SMILES string of the molecule is CC(=S)CC(=CC(=O)O)N(C)[Si](C)(C)C. The van der Waals surface area contributed by atoms with E-state index in [9.17, 15) is 4.79 Å². The molecular weight excluding hydrogens is 226 g/mol. The minimum Gasteiger partial charge on any atom is -0.478 e. The predicted molar refractivity (Wildman–Crippen MR) is 69.7 cm³/mol. The highest BCUT2D eigenvalue weighted by Gasteiger charge is 2.22. The van der Waals surface area contributed by atoms with E-state index in [0.29, 0.717) is 6.42 Å². The Bertz CT molecular complexity index is 294. The quantitative estimate of drug-likeness (QED) is 0.459. The topological polar surface area (TPSA) is 40.5 Å². The molecule has 0 fully saturated rings. The summed E-state index contributed by atoms with van der Waals surface area (Å²) in [5.41, 5.74) is 0.800. The van der Waals surface area contributed by atoms with Crippen molar-refractivity contribution < 1.29 is 9.90 Å². The highest BCUT2D eigenvalue weighted by Crippen LogP contribution is 2.17. The van der Waals surface area contributed by atoms with Crippen LogP contribution in [0.25, 0.3) is 0 Å². The van der Waals surface area contributed by atoms with Gasteiger partial charge in [-0.25, -0.2) is 4.79 Å². The fourth-order valence-corrected chi connectivity index (χ4v) is 2.25. The molecule has 0 unspecified atom stereocenters. The van der Waals surface area contributed by atoms with Gasteiger partial charge in [0.05, 0.1) is 0 Å². The average molecular weight is 245 g/mol. The van der Waals surface area contributed by atoms with Crippen molar-refractivity contribution in [2.75, 3.05) is 7.05 Å². The van der Waals surface area contributed by atoms with Crippen molar-refractivity contribution in [1.29, 1.82) is 0 Å². The third kappa shape index (κ3) is 5.69. The lowest BCUT2D eigenvalue weighted by molar-refractivity contribution is -0.131. The van der Waals surface area contributed by atoms with E-state index in [2.05, 4.69) is 24.2 Å². The molecule has 0 bridgehead atoms. The molecule has 0 aromatic carbocycles. The van der Waals surface area contributed by atoms with Crippen LogP contribution in [0.1, 0.15) is 13.3 Å². The van der Waals surface area contributed by atoms with Crippen molar-refractivity contribution in [3.8, 4) is 0 Å². The Morgan fingerprint density at radius 3 is 2.20 bits per heavy atom. The van der Waals surface area contributed by atoms with E-state index < -0.39 is 14.2 Å². The van der Waals surface area contributed by atoms with E-state index in [1.165, 1.54) is 6.08 Å². The van der Waals surface area contributed by atoms with Crippen LogP contribution in [0.4, 0.5) is 0 Å². The van der Waals surface area contributed by atoms with Crippen LogP contribution in [0, 0.1) is 0 Å². The van der Waals surface area contributed by atoms with Gasteiger partial charge < -0.3 is 9.67 Å². The molecule has 0 amide bonds. The van der Waals surface area contributed by atoms with Crippen LogP contribution >= 0.6 is 12.2 Å². The summed E-state index contributed by atoms with van der Waals surface area (Å²) in [5.74, 6) is -0.911. The third-order valence-corrected chi connectivity index (χ3v) is 4.60. The molecule has 0 aliphatic rings. The molecule has 1 N–H and O–H groups in total. The van der Waals surface area contributed by atoms with Crippen molar-refractivity contribution in [3.63, 3.8) is 0 Å². The van der Waals surface area contributed by atoms with Crippen molar-refractivity contribution in [2.45, 2.75) is 33.0 Å². The second-order valence-electron chi connectivity index (χ2n) is 4.58. The van der Waals surface area contributed by atoms with Crippen LogP contribution < -0.4 is 0 Å². The fourth-order valence-electron chi connectivity index (χ4n) is 1.09. The van der Waals surface area contributed by atoms with Gasteiger partial charge in [-0.1, -0.05) is 31.9 Å². The van der Waals surface area contributed by atoms with Gasteiger partial charge >= 0.3 is 5.97 Å². The molecule has 5 heteroatoms. The lowest BCUT2D eigenvalue weighted by Crippen LogP contribution is -2.42. The number of nitrogens with zero attached hydrogens (tertiary/aromatic N) is 1. The van der Waals surface area contributed by atoms with Crippen molar-refractivity contribution in [2.24, 2.45) is 0 Å². The number of thiocarbonyl (C=S) groups is 1. The van der Waals surface area contributed by atoms with Crippen LogP contribution in [0.2, 0.25) is 19.6 Å². The average Bonchev–Trinajstić information content (AvgIpc) is 1.98. The zero-order chi connectivity index (χ0) is 12.2. The fraction of sp³-hybridized carbons (Fsp3) is 0.600. The first-order valence-electron chi connectivity index (χ1n) is 4.81. The highest BCUT2D eigenvalue weighted by atomic mass is 32.1. The summed E-state index contributed by atoms with van der Waals surface area (Å²) in [4.78, 5) is 11.5. The maximum Gasteiger partial charge on any atom is 0.330 e. The van der Waals surface area contributed by atoms with Crippen molar-refractivity contribution in [3.05, 3.63) is 11.8 Å². The Balaban J connectivity index is 4.95. The van der Waals surface area contributed by atoms with Gasteiger partial charge in [0.1, 0.15) is 8.24 Å². The number of carbonyl (C=O) groups is 1. The molecule has 0 atom stereocenters. The largest absolute Gasteiger partial charge is 0.478 e. The zero-order valence-electron chi connectivity index (χ0n) is 10.00. The molecule has 0 aliphatic carbocycles. The molecule has 0 saturated heterocycles. The van der Waals surface area contributed by atoms with Gasteiger partial charge in [-0.15, -0.1) is 0 Å². The van der Waals surface area contributed by atoms with Crippen molar-refractivity contribution >= 4 is 31.3 Å². The molecule has 15 heavy (non-hydrogen) atoms. The third-order valence-electron chi connectivity index (χ3n) is 2.16.